The van der Waals surface area contributed by atoms with Gasteiger partial charge in [0.2, 0.25) is 5.89 Å². The zero-order chi connectivity index (χ0) is 15.7. The fourth-order valence-electron chi connectivity index (χ4n) is 2.70. The maximum absolute atomic E-state index is 12.6. The Kier molecular flexibility index (Phi) is 3.66. The largest absolute Gasteiger partial charge is 0.480 e. The second kappa shape index (κ2) is 5.63. The third kappa shape index (κ3) is 2.47. The van der Waals surface area contributed by atoms with E-state index in [9.17, 15) is 14.7 Å². The van der Waals surface area contributed by atoms with E-state index in [2.05, 4.69) is 4.98 Å². The molecule has 2 heterocycles. The third-order valence-electron chi connectivity index (χ3n) is 3.82. The molecule has 3 rings (SSSR count). The Morgan fingerprint density at radius 2 is 2.05 bits per heavy atom. The van der Waals surface area contributed by atoms with Gasteiger partial charge >= 0.3 is 5.97 Å². The van der Waals surface area contributed by atoms with Crippen LogP contribution in [0.1, 0.15) is 29.1 Å². The number of aromatic nitrogens is 1. The predicted molar refractivity (Wildman–Crippen MR) is 78.4 cm³/mol. The number of likely N-dealkylation sites (tertiary alicyclic amines) is 1. The van der Waals surface area contributed by atoms with Crippen molar-refractivity contribution in [1.29, 1.82) is 0 Å². The number of benzene rings is 1. The smallest absolute Gasteiger partial charge is 0.326 e. The topological polar surface area (TPSA) is 83.6 Å². The first-order valence-electron chi connectivity index (χ1n) is 7.14. The molecular weight excluding hydrogens is 284 g/mol. The monoisotopic (exact) mass is 300 g/mol. The molecule has 6 heteroatoms. The Labute approximate surface area is 127 Å². The summed E-state index contributed by atoms with van der Waals surface area (Å²) < 4.78 is 5.57. The molecule has 0 bridgehead atoms. The maximum Gasteiger partial charge on any atom is 0.326 e. The summed E-state index contributed by atoms with van der Waals surface area (Å²) in [5.74, 6) is -0.587. The molecule has 0 aliphatic carbocycles. The van der Waals surface area contributed by atoms with Crippen molar-refractivity contribution in [1.82, 2.24) is 9.88 Å². The molecule has 114 valence electrons. The normalized spacial score (nSPS) is 17.7. The van der Waals surface area contributed by atoms with Crippen molar-refractivity contribution in [2.45, 2.75) is 25.8 Å². The number of carbonyl (C=O) groups is 2. The summed E-state index contributed by atoms with van der Waals surface area (Å²) in [5, 5.41) is 9.19. The van der Waals surface area contributed by atoms with Crippen molar-refractivity contribution in [3.63, 3.8) is 0 Å². The van der Waals surface area contributed by atoms with E-state index in [1.807, 2.05) is 30.3 Å². The number of aryl methyl sites for hydroxylation is 1. The van der Waals surface area contributed by atoms with Crippen LogP contribution in [0.25, 0.3) is 11.5 Å². The van der Waals surface area contributed by atoms with E-state index in [-0.39, 0.29) is 11.6 Å². The molecule has 0 spiro atoms. The molecule has 1 aliphatic heterocycles. The van der Waals surface area contributed by atoms with Gasteiger partial charge in [0.05, 0.1) is 0 Å². The van der Waals surface area contributed by atoms with Gasteiger partial charge in [0.15, 0.2) is 5.69 Å². The third-order valence-corrected chi connectivity index (χ3v) is 3.82. The molecule has 0 saturated carbocycles. The average Bonchev–Trinajstić information content (AvgIpc) is 3.14. The van der Waals surface area contributed by atoms with Gasteiger partial charge in [-0.1, -0.05) is 18.2 Å². The lowest BCUT2D eigenvalue weighted by Gasteiger charge is -2.20. The molecule has 2 aromatic rings. The lowest BCUT2D eigenvalue weighted by atomic mass is 10.2. The van der Waals surface area contributed by atoms with Crippen LogP contribution < -0.4 is 0 Å². The van der Waals surface area contributed by atoms with Gasteiger partial charge in [-0.2, -0.15) is 0 Å². The van der Waals surface area contributed by atoms with Crippen molar-refractivity contribution in [2.75, 3.05) is 6.54 Å². The number of carboxylic acid groups (broad SMARTS) is 1. The van der Waals surface area contributed by atoms with Crippen molar-refractivity contribution in [3.8, 4) is 11.5 Å². The Morgan fingerprint density at radius 1 is 1.32 bits per heavy atom. The quantitative estimate of drug-likeness (QED) is 0.940. The molecule has 22 heavy (non-hydrogen) atoms. The minimum Gasteiger partial charge on any atom is -0.480 e. The summed E-state index contributed by atoms with van der Waals surface area (Å²) in [6, 6.07) is 8.51. The Hall–Kier alpha value is -2.63. The molecule has 1 fully saturated rings. The number of oxazole rings is 1. The highest BCUT2D eigenvalue weighted by Gasteiger charge is 2.36. The number of carboxylic acids is 1. The SMILES string of the molecule is Cc1oc(-c2ccccc2)nc1C(=O)N1CCC[C@H]1C(=O)O. The van der Waals surface area contributed by atoms with Gasteiger partial charge in [0, 0.05) is 12.1 Å². The summed E-state index contributed by atoms with van der Waals surface area (Å²) >= 11 is 0. The van der Waals surface area contributed by atoms with Crippen LogP contribution in [0.5, 0.6) is 0 Å². The second-order valence-corrected chi connectivity index (χ2v) is 5.28. The van der Waals surface area contributed by atoms with Crippen LogP contribution in [-0.2, 0) is 4.79 Å². The molecule has 1 N–H and O–H groups in total. The van der Waals surface area contributed by atoms with Gasteiger partial charge in [-0.15, -0.1) is 0 Å². The van der Waals surface area contributed by atoms with Crippen LogP contribution in [0.3, 0.4) is 0 Å². The summed E-state index contributed by atoms with van der Waals surface area (Å²) in [6.45, 7) is 2.10. The van der Waals surface area contributed by atoms with Gasteiger partial charge in [-0.05, 0) is 31.9 Å². The summed E-state index contributed by atoms with van der Waals surface area (Å²) in [5.41, 5.74) is 0.966. The molecular formula is C16H16N2O4. The molecule has 1 saturated heterocycles. The van der Waals surface area contributed by atoms with Crippen LogP contribution in [0.4, 0.5) is 0 Å². The summed E-state index contributed by atoms with van der Waals surface area (Å²) in [6.07, 6.45) is 1.16. The number of aliphatic carboxylic acids is 1. The van der Waals surface area contributed by atoms with Gasteiger partial charge in [-0.25, -0.2) is 9.78 Å². The Bertz CT molecular complexity index is 708. The lowest BCUT2D eigenvalue weighted by molar-refractivity contribution is -0.141. The number of nitrogens with zero attached hydrogens (tertiary/aromatic N) is 2. The molecule has 0 unspecified atom stereocenters. The zero-order valence-electron chi connectivity index (χ0n) is 12.2. The van der Waals surface area contributed by atoms with Crippen LogP contribution in [0, 0.1) is 6.92 Å². The first kappa shape index (κ1) is 14.3. The van der Waals surface area contributed by atoms with Crippen molar-refractivity contribution >= 4 is 11.9 Å². The van der Waals surface area contributed by atoms with Crippen molar-refractivity contribution in [3.05, 3.63) is 41.8 Å². The fraction of sp³-hybridized carbons (Fsp3) is 0.312. The first-order valence-corrected chi connectivity index (χ1v) is 7.14. The highest BCUT2D eigenvalue weighted by molar-refractivity contribution is 5.96. The van der Waals surface area contributed by atoms with Crippen LogP contribution in [0.2, 0.25) is 0 Å². The fourth-order valence-corrected chi connectivity index (χ4v) is 2.70. The van der Waals surface area contributed by atoms with E-state index in [0.717, 1.165) is 5.56 Å². The lowest BCUT2D eigenvalue weighted by Crippen LogP contribution is -2.40. The van der Waals surface area contributed by atoms with Gasteiger partial charge in [-0.3, -0.25) is 4.79 Å². The van der Waals surface area contributed by atoms with Crippen LogP contribution in [-0.4, -0.2) is 39.5 Å². The van der Waals surface area contributed by atoms with E-state index >= 15 is 0 Å². The maximum atomic E-state index is 12.6. The van der Waals surface area contributed by atoms with Gasteiger partial charge in [0.1, 0.15) is 11.8 Å². The van der Waals surface area contributed by atoms with Gasteiger partial charge < -0.3 is 14.4 Å². The Morgan fingerprint density at radius 3 is 2.73 bits per heavy atom. The molecule has 1 aromatic heterocycles. The van der Waals surface area contributed by atoms with Crippen LogP contribution >= 0.6 is 0 Å². The number of amides is 1. The highest BCUT2D eigenvalue weighted by atomic mass is 16.4. The van der Waals surface area contributed by atoms with E-state index < -0.39 is 12.0 Å². The van der Waals surface area contributed by atoms with Crippen molar-refractivity contribution < 1.29 is 19.1 Å². The predicted octanol–water partition coefficient (Wildman–Crippen LogP) is 2.34. The standard InChI is InChI=1S/C16H16N2O4/c1-10-13(15(19)18-9-5-8-12(18)16(20)21)17-14(22-10)11-6-3-2-4-7-11/h2-4,6-7,12H,5,8-9H2,1H3,(H,20,21)/t12-/m0/s1. The average molecular weight is 300 g/mol. The zero-order valence-corrected chi connectivity index (χ0v) is 12.2. The molecule has 1 aliphatic rings. The minimum atomic E-state index is -0.977. The molecule has 6 nitrogen and oxygen atoms in total. The summed E-state index contributed by atoms with van der Waals surface area (Å²) in [7, 11) is 0. The number of rotatable bonds is 3. The molecule has 1 amide bonds. The Balaban J connectivity index is 1.91. The van der Waals surface area contributed by atoms with E-state index in [0.29, 0.717) is 31.0 Å². The first-order chi connectivity index (χ1) is 10.6. The number of carbonyl (C=O) groups excluding carboxylic acids is 1. The number of hydrogen-bond donors (Lipinski definition) is 1. The molecule has 0 radical (unpaired) electrons. The van der Waals surface area contributed by atoms with E-state index in [4.69, 9.17) is 4.42 Å². The van der Waals surface area contributed by atoms with Gasteiger partial charge in [0.25, 0.3) is 5.91 Å². The van der Waals surface area contributed by atoms with E-state index in [1.165, 1.54) is 4.90 Å². The molecule has 1 atom stereocenters. The minimum absolute atomic E-state index is 0.187. The van der Waals surface area contributed by atoms with E-state index in [1.54, 1.807) is 6.92 Å². The van der Waals surface area contributed by atoms with Crippen molar-refractivity contribution in [2.24, 2.45) is 0 Å². The second-order valence-electron chi connectivity index (χ2n) is 5.28. The van der Waals surface area contributed by atoms with Crippen LogP contribution in [0.15, 0.2) is 34.7 Å². The molecule has 1 aromatic carbocycles. The summed E-state index contributed by atoms with van der Waals surface area (Å²) in [4.78, 5) is 29.4. The number of hydrogen-bond acceptors (Lipinski definition) is 4. The highest BCUT2D eigenvalue weighted by Crippen LogP contribution is 2.25.